The minimum Gasteiger partial charge on any atom is -0.456 e. The van der Waals surface area contributed by atoms with Gasteiger partial charge in [0.05, 0.1) is 0 Å². The molecule has 250 valence electrons. The molecule has 4 saturated carbocycles. The van der Waals surface area contributed by atoms with E-state index in [4.69, 9.17) is 4.74 Å². The van der Waals surface area contributed by atoms with E-state index in [1.807, 2.05) is 0 Å². The van der Waals surface area contributed by atoms with Crippen molar-refractivity contribution in [3.8, 4) is 22.6 Å². The van der Waals surface area contributed by atoms with Gasteiger partial charge in [-0.1, -0.05) is 100 Å². The molecule has 2 spiro atoms. The third kappa shape index (κ3) is 3.56. The first-order chi connectivity index (χ1) is 24.2. The fourth-order valence-corrected chi connectivity index (χ4v) is 12.9. The molecule has 5 aromatic rings. The molecule has 5 aliphatic carbocycles. The molecule has 6 atom stereocenters. The summed E-state index contributed by atoms with van der Waals surface area (Å²) in [5, 5.41) is 0. The van der Waals surface area contributed by atoms with Crippen LogP contribution in [0.1, 0.15) is 88.5 Å². The Balaban J connectivity index is 1.12. The van der Waals surface area contributed by atoms with Crippen molar-refractivity contribution in [1.29, 1.82) is 0 Å². The van der Waals surface area contributed by atoms with Gasteiger partial charge in [0.1, 0.15) is 11.5 Å². The number of nitrogens with zero attached hydrogens (tertiary/aromatic N) is 1. The fraction of sp³-hybridized carbons (Fsp3) is 0.375. The van der Waals surface area contributed by atoms with Crippen LogP contribution in [0, 0.1) is 29.1 Å². The second kappa shape index (κ2) is 9.72. The van der Waals surface area contributed by atoms with Gasteiger partial charge in [-0.15, -0.1) is 0 Å². The van der Waals surface area contributed by atoms with Gasteiger partial charge in [-0.25, -0.2) is 0 Å². The van der Waals surface area contributed by atoms with Crippen LogP contribution in [0.15, 0.2) is 115 Å². The summed E-state index contributed by atoms with van der Waals surface area (Å²) in [5.74, 6) is 5.37. The van der Waals surface area contributed by atoms with Crippen LogP contribution < -0.4 is 9.64 Å². The Morgan fingerprint density at radius 1 is 0.580 bits per heavy atom. The molecule has 1 aliphatic heterocycles. The molecule has 11 rings (SSSR count). The Morgan fingerprint density at radius 2 is 1.26 bits per heavy atom. The van der Waals surface area contributed by atoms with Gasteiger partial charge in [-0.3, -0.25) is 0 Å². The van der Waals surface area contributed by atoms with Gasteiger partial charge >= 0.3 is 0 Å². The Bertz CT molecular complexity index is 2200. The zero-order valence-corrected chi connectivity index (χ0v) is 29.9. The van der Waals surface area contributed by atoms with Crippen molar-refractivity contribution in [2.75, 3.05) is 4.90 Å². The first-order valence-corrected chi connectivity index (χ1v) is 19.2. The Kier molecular flexibility index (Phi) is 5.72. The maximum absolute atomic E-state index is 7.14. The molecule has 4 fully saturated rings. The molecule has 50 heavy (non-hydrogen) atoms. The first kappa shape index (κ1) is 29.4. The highest BCUT2D eigenvalue weighted by Crippen LogP contribution is 2.89. The van der Waals surface area contributed by atoms with Crippen molar-refractivity contribution < 1.29 is 4.74 Å². The van der Waals surface area contributed by atoms with E-state index in [1.54, 1.807) is 0 Å². The largest absolute Gasteiger partial charge is 0.456 e. The number of hydrogen-bond donors (Lipinski definition) is 0. The van der Waals surface area contributed by atoms with Crippen molar-refractivity contribution in [3.05, 3.63) is 138 Å². The van der Waals surface area contributed by atoms with E-state index in [-0.39, 0.29) is 16.2 Å². The summed E-state index contributed by atoms with van der Waals surface area (Å²) < 4.78 is 7.14. The minimum absolute atomic E-state index is 0.000385. The molecule has 0 N–H and O–H groups in total. The molecule has 1 heterocycles. The summed E-state index contributed by atoms with van der Waals surface area (Å²) in [6, 6.07) is 43.5. The van der Waals surface area contributed by atoms with Crippen molar-refractivity contribution in [2.45, 2.75) is 82.5 Å². The summed E-state index contributed by atoms with van der Waals surface area (Å²) in [7, 11) is 0. The lowest BCUT2D eigenvalue weighted by molar-refractivity contribution is -0.235. The van der Waals surface area contributed by atoms with Crippen molar-refractivity contribution in [2.24, 2.45) is 29.1 Å². The van der Waals surface area contributed by atoms with Gasteiger partial charge in [0, 0.05) is 39.2 Å². The normalized spacial score (nSPS) is 31.0. The molecular weight excluding hydrogens is 607 g/mol. The number of hydrogen-bond acceptors (Lipinski definition) is 2. The van der Waals surface area contributed by atoms with Crippen LogP contribution in [-0.4, -0.2) is 0 Å². The van der Waals surface area contributed by atoms with Gasteiger partial charge in [0.25, 0.3) is 0 Å². The minimum atomic E-state index is -0.000385. The molecule has 2 heteroatoms. The Hall–Kier alpha value is -4.30. The number of ether oxygens (including phenoxy) is 1. The van der Waals surface area contributed by atoms with E-state index in [1.165, 1.54) is 89.0 Å². The molecule has 2 nitrogen and oxygen atoms in total. The molecule has 5 aromatic carbocycles. The van der Waals surface area contributed by atoms with Crippen LogP contribution in [0.3, 0.4) is 0 Å². The van der Waals surface area contributed by atoms with Crippen LogP contribution in [-0.2, 0) is 16.2 Å². The maximum atomic E-state index is 7.14. The average molecular weight is 654 g/mol. The number of para-hydroxylation sites is 2. The van der Waals surface area contributed by atoms with Crippen molar-refractivity contribution >= 4 is 17.1 Å². The fourth-order valence-electron chi connectivity index (χ4n) is 12.9. The Morgan fingerprint density at radius 3 is 2.02 bits per heavy atom. The number of benzene rings is 5. The molecule has 0 aromatic heterocycles. The summed E-state index contributed by atoms with van der Waals surface area (Å²) in [4.78, 5) is 2.51. The predicted octanol–water partition coefficient (Wildman–Crippen LogP) is 12.6. The van der Waals surface area contributed by atoms with Crippen molar-refractivity contribution in [1.82, 2.24) is 0 Å². The Labute approximate surface area is 297 Å². The number of fused-ring (bicyclic) bond motifs is 8. The summed E-state index contributed by atoms with van der Waals surface area (Å²) in [5.41, 5.74) is 12.9. The van der Waals surface area contributed by atoms with E-state index < -0.39 is 0 Å². The molecule has 0 saturated heterocycles. The lowest BCUT2D eigenvalue weighted by atomic mass is 9.26. The van der Waals surface area contributed by atoms with Crippen LogP contribution >= 0.6 is 0 Å². The highest BCUT2D eigenvalue weighted by atomic mass is 16.5. The monoisotopic (exact) mass is 653 g/mol. The van der Waals surface area contributed by atoms with Crippen LogP contribution in [0.5, 0.6) is 11.5 Å². The van der Waals surface area contributed by atoms with Crippen LogP contribution in [0.4, 0.5) is 17.1 Å². The van der Waals surface area contributed by atoms with Crippen LogP contribution in [0.25, 0.3) is 11.1 Å². The molecular formula is C48H47NO. The number of anilines is 3. The highest BCUT2D eigenvalue weighted by Gasteiger charge is 2.84. The summed E-state index contributed by atoms with van der Waals surface area (Å²) in [6.45, 7) is 9.72. The second-order valence-electron chi connectivity index (χ2n) is 18.1. The molecule has 2 bridgehead atoms. The molecule has 0 radical (unpaired) electrons. The second-order valence-corrected chi connectivity index (χ2v) is 18.1. The lowest BCUT2D eigenvalue weighted by Gasteiger charge is -2.77. The predicted molar refractivity (Wildman–Crippen MR) is 204 cm³/mol. The third-order valence-corrected chi connectivity index (χ3v) is 15.0. The van der Waals surface area contributed by atoms with Gasteiger partial charge < -0.3 is 9.64 Å². The molecule has 6 unspecified atom stereocenters. The topological polar surface area (TPSA) is 12.5 Å². The molecule has 6 aliphatic rings. The number of rotatable bonds is 4. The van der Waals surface area contributed by atoms with E-state index in [2.05, 4.69) is 148 Å². The van der Waals surface area contributed by atoms with Gasteiger partial charge in [0.15, 0.2) is 0 Å². The van der Waals surface area contributed by atoms with E-state index in [0.29, 0.717) is 17.3 Å². The zero-order chi connectivity index (χ0) is 33.6. The zero-order valence-electron chi connectivity index (χ0n) is 29.9. The third-order valence-electron chi connectivity index (χ3n) is 15.0. The molecule has 0 amide bonds. The van der Waals surface area contributed by atoms with E-state index in [0.717, 1.165) is 23.3 Å². The first-order valence-electron chi connectivity index (χ1n) is 19.2. The van der Waals surface area contributed by atoms with Gasteiger partial charge in [-0.2, -0.15) is 0 Å². The smallest absolute Gasteiger partial charge is 0.139 e. The quantitative estimate of drug-likeness (QED) is 0.191. The van der Waals surface area contributed by atoms with Crippen LogP contribution in [0.2, 0.25) is 0 Å². The lowest BCUT2D eigenvalue weighted by Crippen LogP contribution is -2.74. The average Bonchev–Trinajstić information content (AvgIpc) is 3.66. The standard InChI is InChI=1S/C48H47NO/c1-45(2)22-23-46(3,4)39-27-34(18-20-37(39)45)49(33-14-9-6-10-15-33)35-19-21-41-40(28-35)48(42-25-30-24-32-26-43(48)47(32,42)29-30)38-17-11-16-36(44(38)50-41)31-12-7-5-8-13-31/h5-21,27-28,30,32,42-43H,22-26,29H2,1-4H3. The summed E-state index contributed by atoms with van der Waals surface area (Å²) in [6.07, 6.45) is 8.08. The van der Waals surface area contributed by atoms with Crippen molar-refractivity contribution in [3.63, 3.8) is 0 Å². The maximum Gasteiger partial charge on any atom is 0.139 e. The van der Waals surface area contributed by atoms with Gasteiger partial charge in [0.2, 0.25) is 0 Å². The van der Waals surface area contributed by atoms with E-state index in [9.17, 15) is 0 Å². The summed E-state index contributed by atoms with van der Waals surface area (Å²) >= 11 is 0. The highest BCUT2D eigenvalue weighted by molar-refractivity contribution is 5.82. The SMILES string of the molecule is CC1(C)CCC(C)(C)c2cc(N(c3ccccc3)c3ccc4c(c3)C3(c5cccc(-c6ccccc6)c5O4)C4CC5CC6CC3C64C5)ccc21. The van der Waals surface area contributed by atoms with Gasteiger partial charge in [-0.05, 0) is 138 Å². The van der Waals surface area contributed by atoms with E-state index >= 15 is 0 Å².